The van der Waals surface area contributed by atoms with Crippen LogP contribution in [-0.2, 0) is 4.79 Å². The van der Waals surface area contributed by atoms with Gasteiger partial charge in [0.15, 0.2) is 6.61 Å². The number of rotatable bonds is 7. The van der Waals surface area contributed by atoms with Crippen LogP contribution in [0.4, 0.5) is 5.69 Å². The standard InChI is InChI=1S/C20H18N4O4/c1-15-4-2-6-19(12-15)28-14-20(25)22-21-13-18-5-3-11-23(18)16-7-9-17(10-8-16)24(26)27/h2-13H,14H2,1H3,(H,22,25)/b21-13-. The summed E-state index contributed by atoms with van der Waals surface area (Å²) in [6, 6.07) is 17.2. The van der Waals surface area contributed by atoms with Gasteiger partial charge in [-0.15, -0.1) is 0 Å². The number of nitrogens with one attached hydrogen (secondary N) is 1. The Kier molecular flexibility index (Phi) is 5.81. The molecular weight excluding hydrogens is 360 g/mol. The predicted molar refractivity (Wildman–Crippen MR) is 105 cm³/mol. The third-order valence-corrected chi connectivity index (χ3v) is 3.86. The molecule has 0 aliphatic rings. The van der Waals surface area contributed by atoms with Crippen molar-refractivity contribution in [3.8, 4) is 11.4 Å². The molecule has 0 aliphatic carbocycles. The Hall–Kier alpha value is -3.94. The lowest BCUT2D eigenvalue weighted by Gasteiger charge is -2.07. The van der Waals surface area contributed by atoms with Gasteiger partial charge in [-0.3, -0.25) is 14.9 Å². The molecule has 8 heteroatoms. The van der Waals surface area contributed by atoms with Crippen LogP contribution in [0.5, 0.6) is 5.75 Å². The molecule has 3 aromatic rings. The van der Waals surface area contributed by atoms with E-state index in [1.165, 1.54) is 18.3 Å². The van der Waals surface area contributed by atoms with E-state index in [1.54, 1.807) is 35.0 Å². The number of benzene rings is 2. The van der Waals surface area contributed by atoms with E-state index in [4.69, 9.17) is 4.74 Å². The van der Waals surface area contributed by atoms with Crippen LogP contribution in [0, 0.1) is 17.0 Å². The Morgan fingerprint density at radius 2 is 2.00 bits per heavy atom. The van der Waals surface area contributed by atoms with Crippen LogP contribution >= 0.6 is 0 Å². The quantitative estimate of drug-likeness (QED) is 0.388. The molecule has 0 atom stereocenters. The van der Waals surface area contributed by atoms with E-state index in [1.807, 2.05) is 31.2 Å². The molecule has 28 heavy (non-hydrogen) atoms. The summed E-state index contributed by atoms with van der Waals surface area (Å²) in [5, 5.41) is 14.7. The van der Waals surface area contributed by atoms with E-state index in [9.17, 15) is 14.9 Å². The van der Waals surface area contributed by atoms with Crippen molar-refractivity contribution in [2.45, 2.75) is 6.92 Å². The van der Waals surface area contributed by atoms with Crippen LogP contribution in [0.3, 0.4) is 0 Å². The Bertz CT molecular complexity index is 1010. The van der Waals surface area contributed by atoms with Crippen molar-refractivity contribution >= 4 is 17.8 Å². The van der Waals surface area contributed by atoms with Crippen LogP contribution in [0.25, 0.3) is 5.69 Å². The van der Waals surface area contributed by atoms with Crippen molar-refractivity contribution in [3.63, 3.8) is 0 Å². The lowest BCUT2D eigenvalue weighted by Crippen LogP contribution is -2.24. The minimum Gasteiger partial charge on any atom is -0.484 e. The molecular formula is C20H18N4O4. The number of non-ortho nitro benzene ring substituents is 1. The lowest BCUT2D eigenvalue weighted by atomic mass is 10.2. The normalized spacial score (nSPS) is 10.8. The molecule has 0 unspecified atom stereocenters. The summed E-state index contributed by atoms with van der Waals surface area (Å²) < 4.78 is 7.21. The van der Waals surface area contributed by atoms with Crippen molar-refractivity contribution in [2.24, 2.45) is 5.10 Å². The second kappa shape index (κ2) is 8.63. The molecule has 0 saturated carbocycles. The average Bonchev–Trinajstić information content (AvgIpc) is 3.15. The predicted octanol–water partition coefficient (Wildman–Crippen LogP) is 3.22. The minimum atomic E-state index is -0.448. The highest BCUT2D eigenvalue weighted by Crippen LogP contribution is 2.17. The topological polar surface area (TPSA) is 98.8 Å². The molecule has 0 fully saturated rings. The monoisotopic (exact) mass is 378 g/mol. The first kappa shape index (κ1) is 18.8. The fourth-order valence-corrected chi connectivity index (χ4v) is 2.53. The highest BCUT2D eigenvalue weighted by molar-refractivity contribution is 5.82. The molecule has 0 saturated heterocycles. The molecule has 0 aliphatic heterocycles. The zero-order chi connectivity index (χ0) is 19.9. The fourth-order valence-electron chi connectivity index (χ4n) is 2.53. The molecule has 3 rings (SSSR count). The van der Waals surface area contributed by atoms with Crippen LogP contribution in [0.2, 0.25) is 0 Å². The van der Waals surface area contributed by atoms with Gasteiger partial charge in [-0.25, -0.2) is 5.43 Å². The lowest BCUT2D eigenvalue weighted by molar-refractivity contribution is -0.384. The van der Waals surface area contributed by atoms with E-state index in [0.29, 0.717) is 11.4 Å². The first-order chi connectivity index (χ1) is 13.5. The summed E-state index contributed by atoms with van der Waals surface area (Å²) in [7, 11) is 0. The summed E-state index contributed by atoms with van der Waals surface area (Å²) in [6.07, 6.45) is 3.29. The van der Waals surface area contributed by atoms with Gasteiger partial charge in [0.2, 0.25) is 0 Å². The largest absolute Gasteiger partial charge is 0.484 e. The van der Waals surface area contributed by atoms with Gasteiger partial charge in [-0.2, -0.15) is 5.10 Å². The number of nitro benzene ring substituents is 1. The minimum absolute atomic E-state index is 0.0204. The van der Waals surface area contributed by atoms with E-state index >= 15 is 0 Å². The molecule has 0 radical (unpaired) electrons. The maximum Gasteiger partial charge on any atom is 0.277 e. The summed E-state index contributed by atoms with van der Waals surface area (Å²) in [6.45, 7) is 1.79. The third kappa shape index (κ3) is 4.82. The molecule has 1 aromatic heterocycles. The molecule has 1 heterocycles. The summed E-state index contributed by atoms with van der Waals surface area (Å²) in [5.41, 5.74) is 4.92. The SMILES string of the molecule is Cc1cccc(OCC(=O)N/N=C\c2cccn2-c2ccc([N+](=O)[O-])cc2)c1. The van der Waals surface area contributed by atoms with Crippen LogP contribution in [-0.4, -0.2) is 28.2 Å². The Morgan fingerprint density at radius 1 is 1.21 bits per heavy atom. The molecule has 0 spiro atoms. The smallest absolute Gasteiger partial charge is 0.277 e. The Labute approximate surface area is 161 Å². The number of hydrogen-bond acceptors (Lipinski definition) is 5. The van der Waals surface area contributed by atoms with Crippen LogP contribution in [0.15, 0.2) is 72.0 Å². The first-order valence-corrected chi connectivity index (χ1v) is 8.46. The van der Waals surface area contributed by atoms with Crippen LogP contribution < -0.4 is 10.2 Å². The van der Waals surface area contributed by atoms with Gasteiger partial charge >= 0.3 is 0 Å². The van der Waals surface area contributed by atoms with Gasteiger partial charge < -0.3 is 9.30 Å². The molecule has 2 aromatic carbocycles. The molecule has 8 nitrogen and oxygen atoms in total. The van der Waals surface area contributed by atoms with Crippen molar-refractivity contribution in [2.75, 3.05) is 6.61 Å². The number of aryl methyl sites for hydroxylation is 1. The van der Waals surface area contributed by atoms with E-state index in [-0.39, 0.29) is 18.2 Å². The number of carbonyl (C=O) groups excluding carboxylic acids is 1. The van der Waals surface area contributed by atoms with Gasteiger partial charge in [-0.1, -0.05) is 12.1 Å². The number of hydrazone groups is 1. The second-order valence-corrected chi connectivity index (χ2v) is 5.97. The summed E-state index contributed by atoms with van der Waals surface area (Å²) in [4.78, 5) is 22.2. The molecule has 142 valence electrons. The van der Waals surface area contributed by atoms with Gasteiger partial charge in [0.05, 0.1) is 16.8 Å². The maximum atomic E-state index is 11.9. The molecule has 0 bridgehead atoms. The van der Waals surface area contributed by atoms with E-state index in [2.05, 4.69) is 10.5 Å². The van der Waals surface area contributed by atoms with Crippen LogP contribution in [0.1, 0.15) is 11.3 Å². The van der Waals surface area contributed by atoms with Crippen molar-refractivity contribution in [1.29, 1.82) is 0 Å². The number of aromatic nitrogens is 1. The molecule has 1 amide bonds. The van der Waals surface area contributed by atoms with Crippen molar-refractivity contribution in [3.05, 3.63) is 88.2 Å². The van der Waals surface area contributed by atoms with Crippen molar-refractivity contribution in [1.82, 2.24) is 9.99 Å². The fraction of sp³-hybridized carbons (Fsp3) is 0.100. The van der Waals surface area contributed by atoms with Gasteiger partial charge in [0.25, 0.3) is 11.6 Å². The number of ether oxygens (including phenoxy) is 1. The van der Waals surface area contributed by atoms with Gasteiger partial charge in [0.1, 0.15) is 5.75 Å². The van der Waals surface area contributed by atoms with Gasteiger partial charge in [0, 0.05) is 24.0 Å². The van der Waals surface area contributed by atoms with Gasteiger partial charge in [-0.05, 0) is 48.9 Å². The number of nitro groups is 1. The third-order valence-electron chi connectivity index (χ3n) is 3.86. The Morgan fingerprint density at radius 3 is 2.71 bits per heavy atom. The van der Waals surface area contributed by atoms with Crippen molar-refractivity contribution < 1.29 is 14.5 Å². The molecule has 1 N–H and O–H groups in total. The number of carbonyl (C=O) groups is 1. The number of nitrogens with zero attached hydrogens (tertiary/aromatic N) is 3. The highest BCUT2D eigenvalue weighted by Gasteiger charge is 2.07. The number of amides is 1. The summed E-state index contributed by atoms with van der Waals surface area (Å²) >= 11 is 0. The zero-order valence-electron chi connectivity index (χ0n) is 15.1. The zero-order valence-corrected chi connectivity index (χ0v) is 15.1. The highest BCUT2D eigenvalue weighted by atomic mass is 16.6. The Balaban J connectivity index is 1.58. The average molecular weight is 378 g/mol. The summed E-state index contributed by atoms with van der Waals surface area (Å²) in [5.74, 6) is 0.234. The second-order valence-electron chi connectivity index (χ2n) is 5.97. The van der Waals surface area contributed by atoms with E-state index in [0.717, 1.165) is 11.3 Å². The maximum absolute atomic E-state index is 11.9. The first-order valence-electron chi connectivity index (χ1n) is 8.46. The number of hydrogen-bond donors (Lipinski definition) is 1. The van der Waals surface area contributed by atoms with E-state index < -0.39 is 4.92 Å².